The lowest BCUT2D eigenvalue weighted by Crippen LogP contribution is -2.28. The number of hydrogen-bond donors (Lipinski definition) is 1. The standard InChI is InChI=1S/C11H17N3O3/c1-4-8-7-9(14(2)13-8)11(16)12-6-5-10(15)17-3/h7H,4-6H2,1-3H3,(H,12,16). The fourth-order valence-electron chi connectivity index (χ4n) is 1.38. The number of amides is 1. The molecule has 0 aromatic carbocycles. The van der Waals surface area contributed by atoms with E-state index in [2.05, 4.69) is 15.2 Å². The molecule has 1 rings (SSSR count). The van der Waals surface area contributed by atoms with Crippen LogP contribution in [-0.4, -0.2) is 35.3 Å². The van der Waals surface area contributed by atoms with Crippen molar-refractivity contribution in [1.82, 2.24) is 15.1 Å². The number of ether oxygens (including phenoxy) is 1. The average Bonchev–Trinajstić information content (AvgIpc) is 2.70. The minimum absolute atomic E-state index is 0.167. The van der Waals surface area contributed by atoms with Crippen LogP contribution in [-0.2, 0) is 23.0 Å². The van der Waals surface area contributed by atoms with Crippen molar-refractivity contribution in [3.05, 3.63) is 17.5 Å². The SMILES string of the molecule is CCc1cc(C(=O)NCCC(=O)OC)n(C)n1. The van der Waals surface area contributed by atoms with E-state index in [1.165, 1.54) is 11.8 Å². The van der Waals surface area contributed by atoms with E-state index in [0.29, 0.717) is 5.69 Å². The number of esters is 1. The quantitative estimate of drug-likeness (QED) is 0.749. The monoisotopic (exact) mass is 239 g/mol. The Balaban J connectivity index is 2.52. The third kappa shape index (κ3) is 3.58. The highest BCUT2D eigenvalue weighted by molar-refractivity contribution is 5.92. The Morgan fingerprint density at radius 3 is 2.76 bits per heavy atom. The van der Waals surface area contributed by atoms with Crippen molar-refractivity contribution in [3.63, 3.8) is 0 Å². The van der Waals surface area contributed by atoms with Crippen LogP contribution in [0.5, 0.6) is 0 Å². The van der Waals surface area contributed by atoms with Gasteiger partial charge in [0.1, 0.15) is 5.69 Å². The summed E-state index contributed by atoms with van der Waals surface area (Å²) in [6.45, 7) is 2.24. The molecular weight excluding hydrogens is 222 g/mol. The van der Waals surface area contributed by atoms with Gasteiger partial charge < -0.3 is 10.1 Å². The minimum Gasteiger partial charge on any atom is -0.469 e. The summed E-state index contributed by atoms with van der Waals surface area (Å²) in [4.78, 5) is 22.6. The number of hydrogen-bond acceptors (Lipinski definition) is 4. The predicted molar refractivity (Wildman–Crippen MR) is 61.6 cm³/mol. The molecule has 1 N–H and O–H groups in total. The molecular formula is C11H17N3O3. The third-order valence-corrected chi connectivity index (χ3v) is 2.37. The van der Waals surface area contributed by atoms with E-state index >= 15 is 0 Å². The Morgan fingerprint density at radius 2 is 2.24 bits per heavy atom. The van der Waals surface area contributed by atoms with Crippen molar-refractivity contribution >= 4 is 11.9 Å². The van der Waals surface area contributed by atoms with E-state index < -0.39 is 0 Å². The second-order valence-electron chi connectivity index (χ2n) is 3.58. The number of rotatable bonds is 5. The molecule has 0 fully saturated rings. The van der Waals surface area contributed by atoms with Gasteiger partial charge >= 0.3 is 5.97 Å². The summed E-state index contributed by atoms with van der Waals surface area (Å²) in [5, 5.41) is 6.82. The summed E-state index contributed by atoms with van der Waals surface area (Å²) < 4.78 is 6.01. The van der Waals surface area contributed by atoms with Gasteiger partial charge in [0.15, 0.2) is 0 Å². The van der Waals surface area contributed by atoms with E-state index in [0.717, 1.165) is 12.1 Å². The second kappa shape index (κ2) is 6.03. The van der Waals surface area contributed by atoms with Gasteiger partial charge in [0.05, 0.1) is 19.2 Å². The lowest BCUT2D eigenvalue weighted by atomic mass is 10.3. The zero-order valence-electron chi connectivity index (χ0n) is 10.3. The first-order valence-electron chi connectivity index (χ1n) is 5.46. The van der Waals surface area contributed by atoms with Gasteiger partial charge in [-0.15, -0.1) is 0 Å². The molecule has 0 bridgehead atoms. The van der Waals surface area contributed by atoms with Crippen molar-refractivity contribution in [1.29, 1.82) is 0 Å². The molecule has 0 radical (unpaired) electrons. The molecule has 1 amide bonds. The molecule has 0 unspecified atom stereocenters. The molecule has 1 heterocycles. The molecule has 0 aliphatic heterocycles. The molecule has 0 saturated heterocycles. The maximum atomic E-state index is 11.7. The zero-order valence-corrected chi connectivity index (χ0v) is 10.3. The number of methoxy groups -OCH3 is 1. The lowest BCUT2D eigenvalue weighted by Gasteiger charge is -2.04. The first-order chi connectivity index (χ1) is 8.08. The van der Waals surface area contributed by atoms with Gasteiger partial charge in [0.25, 0.3) is 5.91 Å². The highest BCUT2D eigenvalue weighted by atomic mass is 16.5. The van der Waals surface area contributed by atoms with Gasteiger partial charge in [-0.1, -0.05) is 6.92 Å². The molecule has 6 nitrogen and oxygen atoms in total. The van der Waals surface area contributed by atoms with E-state index in [1.807, 2.05) is 6.92 Å². The van der Waals surface area contributed by atoms with Crippen molar-refractivity contribution in [2.45, 2.75) is 19.8 Å². The minimum atomic E-state index is -0.343. The van der Waals surface area contributed by atoms with E-state index in [-0.39, 0.29) is 24.8 Å². The first-order valence-corrected chi connectivity index (χ1v) is 5.46. The smallest absolute Gasteiger partial charge is 0.307 e. The fraction of sp³-hybridized carbons (Fsp3) is 0.545. The van der Waals surface area contributed by atoms with Crippen LogP contribution in [0.4, 0.5) is 0 Å². The number of carbonyl (C=O) groups is 2. The van der Waals surface area contributed by atoms with Gasteiger partial charge in [-0.3, -0.25) is 14.3 Å². The number of nitrogens with zero attached hydrogens (tertiary/aromatic N) is 2. The maximum Gasteiger partial charge on any atom is 0.307 e. The Labute approximate surface area is 99.9 Å². The van der Waals surface area contributed by atoms with Crippen LogP contribution in [0, 0.1) is 0 Å². The summed E-state index contributed by atoms with van der Waals surface area (Å²) in [6, 6.07) is 1.74. The normalized spacial score (nSPS) is 10.1. The zero-order chi connectivity index (χ0) is 12.8. The van der Waals surface area contributed by atoms with Crippen LogP contribution in [0.1, 0.15) is 29.5 Å². The predicted octanol–water partition coefficient (Wildman–Crippen LogP) is 0.275. The van der Waals surface area contributed by atoms with Gasteiger partial charge in [0.2, 0.25) is 0 Å². The molecule has 94 valence electrons. The number of aromatic nitrogens is 2. The highest BCUT2D eigenvalue weighted by Crippen LogP contribution is 2.03. The van der Waals surface area contributed by atoms with E-state index in [9.17, 15) is 9.59 Å². The molecule has 17 heavy (non-hydrogen) atoms. The van der Waals surface area contributed by atoms with Crippen LogP contribution in [0.15, 0.2) is 6.07 Å². The van der Waals surface area contributed by atoms with Crippen LogP contribution < -0.4 is 5.32 Å². The Bertz CT molecular complexity index is 412. The molecule has 1 aromatic heterocycles. The lowest BCUT2D eigenvalue weighted by molar-refractivity contribution is -0.140. The summed E-state index contributed by atoms with van der Waals surface area (Å²) in [6.07, 6.45) is 0.948. The molecule has 0 atom stereocenters. The Morgan fingerprint density at radius 1 is 1.53 bits per heavy atom. The topological polar surface area (TPSA) is 73.2 Å². The van der Waals surface area contributed by atoms with Gasteiger partial charge in [-0.05, 0) is 12.5 Å². The largest absolute Gasteiger partial charge is 0.469 e. The van der Waals surface area contributed by atoms with Gasteiger partial charge in [0, 0.05) is 13.6 Å². The van der Waals surface area contributed by atoms with E-state index in [1.54, 1.807) is 13.1 Å². The van der Waals surface area contributed by atoms with Crippen molar-refractivity contribution in [2.75, 3.05) is 13.7 Å². The highest BCUT2D eigenvalue weighted by Gasteiger charge is 2.12. The summed E-state index contributed by atoms with van der Waals surface area (Å²) in [5.74, 6) is -0.576. The molecule has 0 saturated carbocycles. The van der Waals surface area contributed by atoms with Crippen molar-refractivity contribution in [3.8, 4) is 0 Å². The summed E-state index contributed by atoms with van der Waals surface area (Å²) in [7, 11) is 3.03. The fourth-order valence-corrected chi connectivity index (χ4v) is 1.38. The first kappa shape index (κ1) is 13.2. The number of nitrogens with one attached hydrogen (secondary N) is 1. The molecule has 0 aliphatic rings. The molecule has 6 heteroatoms. The third-order valence-electron chi connectivity index (χ3n) is 2.37. The number of carbonyl (C=O) groups excluding carboxylic acids is 2. The van der Waals surface area contributed by atoms with Crippen molar-refractivity contribution < 1.29 is 14.3 Å². The van der Waals surface area contributed by atoms with Crippen LogP contribution in [0.2, 0.25) is 0 Å². The van der Waals surface area contributed by atoms with Crippen LogP contribution in [0.25, 0.3) is 0 Å². The van der Waals surface area contributed by atoms with Crippen molar-refractivity contribution in [2.24, 2.45) is 7.05 Å². The van der Waals surface area contributed by atoms with Gasteiger partial charge in [-0.25, -0.2) is 0 Å². The maximum absolute atomic E-state index is 11.7. The van der Waals surface area contributed by atoms with Crippen LogP contribution in [0.3, 0.4) is 0 Å². The molecule has 0 spiro atoms. The average molecular weight is 239 g/mol. The Kier molecular flexibility index (Phi) is 4.68. The summed E-state index contributed by atoms with van der Waals surface area (Å²) in [5.41, 5.74) is 1.36. The molecule has 1 aromatic rings. The van der Waals surface area contributed by atoms with Gasteiger partial charge in [-0.2, -0.15) is 5.10 Å². The molecule has 0 aliphatic carbocycles. The second-order valence-corrected chi connectivity index (χ2v) is 3.58. The van der Waals surface area contributed by atoms with E-state index in [4.69, 9.17) is 0 Å². The van der Waals surface area contributed by atoms with Crippen LogP contribution >= 0.6 is 0 Å². The summed E-state index contributed by atoms with van der Waals surface area (Å²) >= 11 is 0. The Hall–Kier alpha value is -1.85. The number of aryl methyl sites for hydroxylation is 2.